The molecule has 0 aromatic heterocycles. The van der Waals surface area contributed by atoms with Gasteiger partial charge in [-0.2, -0.15) is 0 Å². The van der Waals surface area contributed by atoms with E-state index in [-0.39, 0.29) is 5.78 Å². The molecule has 0 spiro atoms. The molecule has 0 radical (unpaired) electrons. The van der Waals surface area contributed by atoms with Crippen LogP contribution in [0.2, 0.25) is 5.02 Å². The van der Waals surface area contributed by atoms with Gasteiger partial charge in [0.15, 0.2) is 5.78 Å². The van der Waals surface area contributed by atoms with Crippen LogP contribution in [0.25, 0.3) is 0 Å². The van der Waals surface area contributed by atoms with Crippen LogP contribution in [0.4, 0.5) is 5.69 Å². The maximum Gasteiger partial charge on any atom is 0.195 e. The van der Waals surface area contributed by atoms with Gasteiger partial charge in [0.1, 0.15) is 6.10 Å². The Hall–Kier alpha value is -1.84. The fourth-order valence-electron chi connectivity index (χ4n) is 2.42. The van der Waals surface area contributed by atoms with Crippen LogP contribution in [0.5, 0.6) is 0 Å². The molecular weight excluding hydrogens is 298 g/mol. The summed E-state index contributed by atoms with van der Waals surface area (Å²) in [6.07, 6.45) is -1.24. The number of carbonyl (C=O) groups is 1. The average Bonchev–Trinajstić information content (AvgIpc) is 2.56. The molecule has 22 heavy (non-hydrogen) atoms. The van der Waals surface area contributed by atoms with Crippen molar-refractivity contribution in [1.29, 1.82) is 0 Å². The molecule has 0 amide bonds. The summed E-state index contributed by atoms with van der Waals surface area (Å²) in [6, 6.07) is 14.1. The third-order valence-corrected chi connectivity index (χ3v) is 4.07. The van der Waals surface area contributed by atoms with E-state index in [2.05, 4.69) is 18.7 Å². The van der Waals surface area contributed by atoms with Gasteiger partial charge < -0.3 is 10.0 Å². The van der Waals surface area contributed by atoms with Gasteiger partial charge in [0, 0.05) is 34.9 Å². The number of Topliss-reactive ketones (excluding diaryl/α,β-unsaturated/α-hetero) is 1. The van der Waals surface area contributed by atoms with E-state index >= 15 is 0 Å². The summed E-state index contributed by atoms with van der Waals surface area (Å²) in [6.45, 7) is 5.99. The third kappa shape index (κ3) is 3.49. The molecule has 0 aliphatic carbocycles. The lowest BCUT2D eigenvalue weighted by molar-refractivity contribution is 0.0747. The van der Waals surface area contributed by atoms with E-state index in [1.165, 1.54) is 0 Å². The Balaban J connectivity index is 2.21. The molecule has 1 N–H and O–H groups in total. The fraction of sp³-hybridized carbons (Fsp3) is 0.278. The first kappa shape index (κ1) is 16.5. The van der Waals surface area contributed by atoms with E-state index in [1.807, 2.05) is 12.1 Å². The number of aliphatic hydroxyl groups excluding tert-OH is 1. The molecule has 0 bridgehead atoms. The highest BCUT2D eigenvalue weighted by molar-refractivity contribution is 6.31. The number of rotatable bonds is 6. The van der Waals surface area contributed by atoms with Crippen molar-refractivity contribution in [2.75, 3.05) is 18.0 Å². The summed E-state index contributed by atoms with van der Waals surface area (Å²) >= 11 is 6.04. The van der Waals surface area contributed by atoms with Crippen molar-refractivity contribution in [3.8, 4) is 0 Å². The van der Waals surface area contributed by atoms with Crippen LogP contribution in [0.1, 0.15) is 35.9 Å². The van der Waals surface area contributed by atoms with Gasteiger partial charge in [-0.05, 0) is 44.2 Å². The van der Waals surface area contributed by atoms with Crippen molar-refractivity contribution in [2.24, 2.45) is 0 Å². The predicted octanol–water partition coefficient (Wildman–Crippen LogP) is 4.10. The van der Waals surface area contributed by atoms with Crippen molar-refractivity contribution < 1.29 is 9.90 Å². The summed E-state index contributed by atoms with van der Waals surface area (Å²) in [5.41, 5.74) is 1.97. The van der Waals surface area contributed by atoms with Crippen molar-refractivity contribution in [3.05, 3.63) is 64.7 Å². The zero-order valence-corrected chi connectivity index (χ0v) is 13.5. The third-order valence-electron chi connectivity index (χ3n) is 3.73. The van der Waals surface area contributed by atoms with Crippen molar-refractivity contribution in [3.63, 3.8) is 0 Å². The molecule has 2 aromatic carbocycles. The van der Waals surface area contributed by atoms with Crippen LogP contribution in [-0.4, -0.2) is 24.0 Å². The first-order valence-corrected chi connectivity index (χ1v) is 7.78. The van der Waals surface area contributed by atoms with Gasteiger partial charge in [0.25, 0.3) is 0 Å². The van der Waals surface area contributed by atoms with Gasteiger partial charge in [-0.3, -0.25) is 4.79 Å². The number of ketones is 1. The van der Waals surface area contributed by atoms with Crippen LogP contribution in [0.15, 0.2) is 48.5 Å². The molecule has 0 fully saturated rings. The first-order valence-electron chi connectivity index (χ1n) is 7.40. The fourth-order valence-corrected chi connectivity index (χ4v) is 2.66. The largest absolute Gasteiger partial charge is 0.380 e. The zero-order valence-electron chi connectivity index (χ0n) is 12.8. The van der Waals surface area contributed by atoms with Crippen molar-refractivity contribution >= 4 is 23.1 Å². The molecule has 0 saturated carbocycles. The van der Waals surface area contributed by atoms with Gasteiger partial charge in [0.05, 0.1) is 0 Å². The Kier molecular flexibility index (Phi) is 5.58. The van der Waals surface area contributed by atoms with E-state index in [0.717, 1.165) is 18.8 Å². The molecule has 0 aliphatic heterocycles. The van der Waals surface area contributed by atoms with Crippen LogP contribution < -0.4 is 4.90 Å². The summed E-state index contributed by atoms with van der Waals surface area (Å²) in [5, 5.41) is 10.6. The second kappa shape index (κ2) is 7.43. The molecule has 116 valence electrons. The van der Waals surface area contributed by atoms with Crippen molar-refractivity contribution in [2.45, 2.75) is 20.0 Å². The number of carbonyl (C=O) groups excluding carboxylic acids is 1. The second-order valence-corrected chi connectivity index (χ2v) is 5.41. The molecule has 1 atom stereocenters. The highest BCUT2D eigenvalue weighted by Gasteiger charge is 2.21. The van der Waals surface area contributed by atoms with Crippen LogP contribution >= 0.6 is 11.6 Å². The van der Waals surface area contributed by atoms with E-state index in [9.17, 15) is 9.90 Å². The van der Waals surface area contributed by atoms with Gasteiger partial charge in [-0.25, -0.2) is 0 Å². The smallest absolute Gasteiger partial charge is 0.195 e. The molecule has 2 aromatic rings. The van der Waals surface area contributed by atoms with Crippen molar-refractivity contribution in [1.82, 2.24) is 0 Å². The van der Waals surface area contributed by atoms with Crippen LogP contribution in [-0.2, 0) is 0 Å². The monoisotopic (exact) mass is 317 g/mol. The zero-order chi connectivity index (χ0) is 16.1. The van der Waals surface area contributed by atoms with Crippen LogP contribution in [0, 0.1) is 0 Å². The lowest BCUT2D eigenvalue weighted by Crippen LogP contribution is -2.21. The van der Waals surface area contributed by atoms with Gasteiger partial charge in [-0.1, -0.05) is 29.8 Å². The Morgan fingerprint density at radius 2 is 1.68 bits per heavy atom. The second-order valence-electron chi connectivity index (χ2n) is 5.01. The number of halogens is 1. The highest BCUT2D eigenvalue weighted by atomic mass is 35.5. The minimum absolute atomic E-state index is 0.348. The molecule has 1 unspecified atom stereocenters. The lowest BCUT2D eigenvalue weighted by Gasteiger charge is -2.21. The number of aliphatic hydroxyl groups is 1. The average molecular weight is 318 g/mol. The number of anilines is 1. The topological polar surface area (TPSA) is 40.5 Å². The van der Waals surface area contributed by atoms with E-state index < -0.39 is 6.10 Å². The minimum atomic E-state index is -1.24. The van der Waals surface area contributed by atoms with Gasteiger partial charge in [0.2, 0.25) is 0 Å². The standard InChI is InChI=1S/C18H20ClNO2/c1-3-20(4-2)14-11-9-13(10-12-14)17(21)18(22)15-7-5-6-8-16(15)19/h5-12,18,22H,3-4H2,1-2H3. The maximum atomic E-state index is 12.4. The number of hydrogen-bond donors (Lipinski definition) is 1. The number of nitrogens with zero attached hydrogens (tertiary/aromatic N) is 1. The molecule has 0 aliphatic rings. The quantitative estimate of drug-likeness (QED) is 0.815. The Morgan fingerprint density at radius 3 is 2.23 bits per heavy atom. The number of benzene rings is 2. The molecule has 2 rings (SSSR count). The molecule has 0 heterocycles. The minimum Gasteiger partial charge on any atom is -0.380 e. The van der Waals surface area contributed by atoms with Crippen LogP contribution in [0.3, 0.4) is 0 Å². The first-order chi connectivity index (χ1) is 10.6. The molecule has 0 saturated heterocycles. The number of hydrogen-bond acceptors (Lipinski definition) is 3. The highest BCUT2D eigenvalue weighted by Crippen LogP contribution is 2.26. The van der Waals surface area contributed by atoms with E-state index in [4.69, 9.17) is 11.6 Å². The van der Waals surface area contributed by atoms with Gasteiger partial charge >= 0.3 is 0 Å². The Labute approximate surface area is 136 Å². The summed E-state index contributed by atoms with van der Waals surface area (Å²) in [5.74, 6) is -0.348. The Morgan fingerprint density at radius 1 is 1.09 bits per heavy atom. The lowest BCUT2D eigenvalue weighted by atomic mass is 9.99. The van der Waals surface area contributed by atoms with E-state index in [1.54, 1.807) is 36.4 Å². The summed E-state index contributed by atoms with van der Waals surface area (Å²) in [4.78, 5) is 14.6. The molecule has 3 nitrogen and oxygen atoms in total. The summed E-state index contributed by atoms with van der Waals surface area (Å²) in [7, 11) is 0. The van der Waals surface area contributed by atoms with E-state index in [0.29, 0.717) is 16.1 Å². The summed E-state index contributed by atoms with van der Waals surface area (Å²) < 4.78 is 0. The van der Waals surface area contributed by atoms with Gasteiger partial charge in [-0.15, -0.1) is 0 Å². The molecule has 4 heteroatoms. The maximum absolute atomic E-state index is 12.4. The molecular formula is C18H20ClNO2. The SMILES string of the molecule is CCN(CC)c1ccc(C(=O)C(O)c2ccccc2Cl)cc1. The Bertz CT molecular complexity index is 636. The normalized spacial score (nSPS) is 12.0. The predicted molar refractivity (Wildman–Crippen MR) is 90.7 cm³/mol.